The second-order valence-electron chi connectivity index (χ2n) is 6.93. The first-order valence-corrected chi connectivity index (χ1v) is 11.5. The Bertz CT molecular complexity index is 1110. The molecule has 1 atom stereocenters. The molecule has 4 rings (SSSR count). The van der Waals surface area contributed by atoms with E-state index >= 15 is 0 Å². The number of aromatic nitrogens is 1. The van der Waals surface area contributed by atoms with Crippen molar-refractivity contribution in [2.24, 2.45) is 4.99 Å². The van der Waals surface area contributed by atoms with Crippen LogP contribution in [0, 0.1) is 0 Å². The molecule has 0 bridgehead atoms. The van der Waals surface area contributed by atoms with Crippen LogP contribution in [-0.4, -0.2) is 35.2 Å². The third-order valence-electron chi connectivity index (χ3n) is 4.87. The van der Waals surface area contributed by atoms with Gasteiger partial charge in [0.2, 0.25) is 0 Å². The smallest absolute Gasteiger partial charge is 0.355 e. The molecule has 162 valence electrons. The summed E-state index contributed by atoms with van der Waals surface area (Å²) in [4.78, 5) is 12.4. The van der Waals surface area contributed by atoms with Gasteiger partial charge in [0.15, 0.2) is 11.0 Å². The molecular weight excluding hydrogens is 443 g/mol. The number of rotatable bonds is 4. The highest BCUT2D eigenvalue weighted by atomic mass is 32.2. The van der Waals surface area contributed by atoms with E-state index < -0.39 is 11.7 Å². The molecule has 0 fully saturated rings. The summed E-state index contributed by atoms with van der Waals surface area (Å²) in [6.45, 7) is 1.99. The minimum absolute atomic E-state index is 0.0486. The molecule has 0 saturated heterocycles. The zero-order valence-electron chi connectivity index (χ0n) is 17.0. The number of alkyl halides is 3. The SMILES string of the molecule is CSc1ccccc1Nc1nc2c(s1)NC(C)N(C)C2=Nc1ccc(C(F)(F)F)cc1. The maximum Gasteiger partial charge on any atom is 0.416 e. The summed E-state index contributed by atoms with van der Waals surface area (Å²) in [5.41, 5.74) is 1.36. The largest absolute Gasteiger partial charge is 0.416 e. The van der Waals surface area contributed by atoms with E-state index in [2.05, 4.69) is 15.6 Å². The van der Waals surface area contributed by atoms with Crippen LogP contribution in [0.25, 0.3) is 0 Å². The number of halogens is 3. The van der Waals surface area contributed by atoms with E-state index in [0.29, 0.717) is 22.3 Å². The van der Waals surface area contributed by atoms with Crippen molar-refractivity contribution in [2.45, 2.75) is 24.2 Å². The van der Waals surface area contributed by atoms with Crippen molar-refractivity contribution in [3.05, 3.63) is 59.8 Å². The van der Waals surface area contributed by atoms with E-state index in [1.54, 1.807) is 11.8 Å². The lowest BCUT2D eigenvalue weighted by Gasteiger charge is -2.33. The minimum atomic E-state index is -4.37. The Morgan fingerprint density at radius 3 is 2.55 bits per heavy atom. The molecule has 1 aliphatic rings. The summed E-state index contributed by atoms with van der Waals surface area (Å²) >= 11 is 3.12. The molecule has 10 heteroatoms. The molecular formula is C21H20F3N5S2. The predicted molar refractivity (Wildman–Crippen MR) is 122 cm³/mol. The molecule has 1 aliphatic heterocycles. The Morgan fingerprint density at radius 2 is 1.87 bits per heavy atom. The van der Waals surface area contributed by atoms with Crippen LogP contribution in [0.15, 0.2) is 58.4 Å². The molecule has 2 heterocycles. The second kappa shape index (κ2) is 8.43. The summed E-state index contributed by atoms with van der Waals surface area (Å²) in [5.74, 6) is 0.600. The molecule has 2 aromatic carbocycles. The van der Waals surface area contributed by atoms with Gasteiger partial charge in [0.05, 0.1) is 23.1 Å². The Kier molecular flexibility index (Phi) is 5.85. The Labute approximate surface area is 186 Å². The lowest BCUT2D eigenvalue weighted by atomic mass is 10.2. The molecule has 1 aromatic heterocycles. The second-order valence-corrected chi connectivity index (χ2v) is 8.78. The van der Waals surface area contributed by atoms with Crippen molar-refractivity contribution in [1.82, 2.24) is 9.88 Å². The lowest BCUT2D eigenvalue weighted by molar-refractivity contribution is -0.137. The van der Waals surface area contributed by atoms with Crippen molar-refractivity contribution in [1.29, 1.82) is 0 Å². The number of hydrogen-bond acceptors (Lipinski definition) is 6. The van der Waals surface area contributed by atoms with Crippen molar-refractivity contribution in [3.8, 4) is 0 Å². The van der Waals surface area contributed by atoms with Gasteiger partial charge in [0.25, 0.3) is 0 Å². The van der Waals surface area contributed by atoms with E-state index in [1.807, 2.05) is 49.4 Å². The van der Waals surface area contributed by atoms with Gasteiger partial charge in [-0.1, -0.05) is 23.5 Å². The zero-order chi connectivity index (χ0) is 22.2. The van der Waals surface area contributed by atoms with Gasteiger partial charge in [-0.05, 0) is 49.6 Å². The van der Waals surface area contributed by atoms with E-state index in [4.69, 9.17) is 4.98 Å². The van der Waals surface area contributed by atoms with Crippen LogP contribution in [0.5, 0.6) is 0 Å². The number of nitrogens with one attached hydrogen (secondary N) is 2. The van der Waals surface area contributed by atoms with E-state index in [-0.39, 0.29) is 6.17 Å². The number of amidine groups is 1. The van der Waals surface area contributed by atoms with E-state index in [9.17, 15) is 13.2 Å². The first-order valence-electron chi connectivity index (χ1n) is 9.43. The van der Waals surface area contributed by atoms with Crippen LogP contribution >= 0.6 is 23.1 Å². The first-order chi connectivity index (χ1) is 14.8. The van der Waals surface area contributed by atoms with Crippen LogP contribution in [0.4, 0.5) is 34.7 Å². The van der Waals surface area contributed by atoms with E-state index in [0.717, 1.165) is 27.7 Å². The first kappa shape index (κ1) is 21.5. The van der Waals surface area contributed by atoms with Gasteiger partial charge in [0, 0.05) is 11.9 Å². The topological polar surface area (TPSA) is 52.6 Å². The van der Waals surface area contributed by atoms with Gasteiger partial charge >= 0.3 is 6.18 Å². The number of fused-ring (bicyclic) bond motifs is 1. The molecule has 0 amide bonds. The third-order valence-corrected chi connectivity index (χ3v) is 6.57. The number of thioether (sulfide) groups is 1. The highest BCUT2D eigenvalue weighted by Gasteiger charge is 2.31. The predicted octanol–water partition coefficient (Wildman–Crippen LogP) is 6.41. The number of benzene rings is 2. The molecule has 0 radical (unpaired) electrons. The van der Waals surface area contributed by atoms with Crippen LogP contribution in [0.2, 0.25) is 0 Å². The van der Waals surface area contributed by atoms with Crippen LogP contribution < -0.4 is 10.6 Å². The fourth-order valence-electron chi connectivity index (χ4n) is 3.10. The number of thiazole rings is 1. The van der Waals surface area contributed by atoms with Crippen molar-refractivity contribution >= 4 is 50.4 Å². The highest BCUT2D eigenvalue weighted by Crippen LogP contribution is 2.37. The van der Waals surface area contributed by atoms with Gasteiger partial charge in [-0.15, -0.1) is 11.8 Å². The van der Waals surface area contributed by atoms with E-state index in [1.165, 1.54) is 23.5 Å². The number of nitrogens with zero attached hydrogens (tertiary/aromatic N) is 3. The molecule has 5 nitrogen and oxygen atoms in total. The molecule has 0 spiro atoms. The highest BCUT2D eigenvalue weighted by molar-refractivity contribution is 7.98. The molecule has 31 heavy (non-hydrogen) atoms. The third kappa shape index (κ3) is 4.49. The minimum Gasteiger partial charge on any atom is -0.355 e. The van der Waals surface area contributed by atoms with Gasteiger partial charge in [-0.25, -0.2) is 9.98 Å². The summed E-state index contributed by atoms with van der Waals surface area (Å²) in [5, 5.41) is 8.33. The van der Waals surface area contributed by atoms with Crippen LogP contribution in [0.1, 0.15) is 18.2 Å². The fourth-order valence-corrected chi connectivity index (χ4v) is 4.61. The lowest BCUT2D eigenvalue weighted by Crippen LogP contribution is -2.44. The molecule has 3 aromatic rings. The summed E-state index contributed by atoms with van der Waals surface area (Å²) in [6.07, 6.45) is -2.41. The standard InChI is InChI=1S/C21H20F3N5S2/c1-12-25-19-17(28-20(31-19)27-15-6-4-5-7-16(15)30-3)18(29(12)2)26-14-10-8-13(9-11-14)21(22,23)24/h4-12,25H,1-3H3,(H,27,28). The monoisotopic (exact) mass is 463 g/mol. The Balaban J connectivity index is 1.68. The average molecular weight is 464 g/mol. The van der Waals surface area contributed by atoms with Gasteiger partial charge in [-0.2, -0.15) is 13.2 Å². The summed E-state index contributed by atoms with van der Waals surface area (Å²) < 4.78 is 38.6. The van der Waals surface area contributed by atoms with Gasteiger partial charge in [0.1, 0.15) is 10.7 Å². The number of hydrogen-bond donors (Lipinski definition) is 2. The van der Waals surface area contributed by atoms with Crippen LogP contribution in [-0.2, 0) is 6.18 Å². The molecule has 0 aliphatic carbocycles. The van der Waals surface area contributed by atoms with Crippen molar-refractivity contribution in [2.75, 3.05) is 23.9 Å². The van der Waals surface area contributed by atoms with Crippen LogP contribution in [0.3, 0.4) is 0 Å². The van der Waals surface area contributed by atoms with Gasteiger partial charge in [-0.3, -0.25) is 0 Å². The maximum atomic E-state index is 12.9. The average Bonchev–Trinajstić information content (AvgIpc) is 3.13. The Hall–Kier alpha value is -2.72. The normalized spacial score (nSPS) is 17.4. The maximum absolute atomic E-state index is 12.9. The number of para-hydroxylation sites is 1. The number of aliphatic imine (C=N–C) groups is 1. The van der Waals surface area contributed by atoms with Crippen molar-refractivity contribution in [3.63, 3.8) is 0 Å². The molecule has 1 unspecified atom stereocenters. The zero-order valence-corrected chi connectivity index (χ0v) is 18.6. The molecule has 2 N–H and O–H groups in total. The fraction of sp³-hybridized carbons (Fsp3) is 0.238. The van der Waals surface area contributed by atoms with Crippen molar-refractivity contribution < 1.29 is 13.2 Å². The van der Waals surface area contributed by atoms with Gasteiger partial charge < -0.3 is 15.5 Å². The summed E-state index contributed by atoms with van der Waals surface area (Å²) in [6, 6.07) is 12.8. The number of anilines is 3. The quantitative estimate of drug-likeness (QED) is 0.438. The molecule has 0 saturated carbocycles. The summed E-state index contributed by atoms with van der Waals surface area (Å²) in [7, 11) is 1.87. The Morgan fingerprint density at radius 1 is 1.16 bits per heavy atom.